The second kappa shape index (κ2) is 8.23. The van der Waals surface area contributed by atoms with E-state index in [4.69, 9.17) is 17.3 Å². The molecule has 4 rings (SSSR count). The Kier molecular flexibility index (Phi) is 5.67. The van der Waals surface area contributed by atoms with Gasteiger partial charge in [-0.15, -0.1) is 0 Å². The topological polar surface area (TPSA) is 156 Å². The summed E-state index contributed by atoms with van der Waals surface area (Å²) >= 11 is 7.29. The smallest absolute Gasteiger partial charge is 0.324 e. The summed E-state index contributed by atoms with van der Waals surface area (Å²) in [7, 11) is 0. The maximum Gasteiger partial charge on any atom is 0.324 e. The predicted octanol–water partition coefficient (Wildman–Crippen LogP) is 5.16. The van der Waals surface area contributed by atoms with Crippen molar-refractivity contribution in [1.29, 1.82) is 5.26 Å². The molecule has 0 bridgehead atoms. The largest absolute Gasteiger partial charge is 0.384 e. The van der Waals surface area contributed by atoms with Crippen LogP contribution in [0.2, 0.25) is 5.02 Å². The lowest BCUT2D eigenvalue weighted by Crippen LogP contribution is -2.42. The summed E-state index contributed by atoms with van der Waals surface area (Å²) in [6.45, 7) is 3.85. The van der Waals surface area contributed by atoms with Crippen molar-refractivity contribution >= 4 is 45.1 Å². The zero-order chi connectivity index (χ0) is 24.9. The van der Waals surface area contributed by atoms with Gasteiger partial charge in [-0.25, -0.2) is 0 Å². The van der Waals surface area contributed by atoms with Crippen molar-refractivity contribution in [3.8, 4) is 6.07 Å². The van der Waals surface area contributed by atoms with Crippen LogP contribution in [0.15, 0.2) is 53.0 Å². The standard InChI is InChI=1S/C22H18ClN5O5S/c1-22(2)8-15-20(16(29)9-22)19(17-5-6-18(34-17)28(32)33)12(10-24)21(25)26(15)14-4-3-11(27(30)31)7-13(14)23/h3-7,19H,8-9,25H2,1-2H3/t19-/m1/s1. The van der Waals surface area contributed by atoms with Crippen LogP contribution in [-0.2, 0) is 4.79 Å². The summed E-state index contributed by atoms with van der Waals surface area (Å²) in [6, 6.07) is 8.82. The molecule has 0 radical (unpaired) electrons. The number of allylic oxidation sites excluding steroid dienone is 3. The van der Waals surface area contributed by atoms with Crippen LogP contribution in [0.5, 0.6) is 0 Å². The number of carbonyl (C=O) groups excluding carboxylic acids is 1. The van der Waals surface area contributed by atoms with Gasteiger partial charge in [0, 0.05) is 40.8 Å². The molecule has 10 nitrogen and oxygen atoms in total. The number of benzene rings is 1. The molecule has 2 aliphatic rings. The van der Waals surface area contributed by atoms with Crippen molar-refractivity contribution in [2.75, 3.05) is 4.90 Å². The van der Waals surface area contributed by atoms with E-state index >= 15 is 0 Å². The highest BCUT2D eigenvalue weighted by molar-refractivity contribution is 7.15. The molecular formula is C22H18ClN5O5S. The van der Waals surface area contributed by atoms with E-state index in [1.807, 2.05) is 13.8 Å². The number of anilines is 1. The number of ketones is 1. The number of carbonyl (C=O) groups is 1. The number of nitriles is 1. The number of hydrogen-bond donors (Lipinski definition) is 1. The number of thiophene rings is 1. The molecule has 0 unspecified atom stereocenters. The molecule has 34 heavy (non-hydrogen) atoms. The molecule has 174 valence electrons. The van der Waals surface area contributed by atoms with Gasteiger partial charge in [0.2, 0.25) is 0 Å². The Hall–Kier alpha value is -3.75. The van der Waals surface area contributed by atoms with Crippen molar-refractivity contribution in [2.24, 2.45) is 11.1 Å². The van der Waals surface area contributed by atoms with Crippen LogP contribution in [-0.4, -0.2) is 15.6 Å². The Morgan fingerprint density at radius 1 is 1.21 bits per heavy atom. The number of nitrogens with zero attached hydrogens (tertiary/aromatic N) is 4. The van der Waals surface area contributed by atoms with Gasteiger partial charge in [0.05, 0.1) is 38.1 Å². The zero-order valence-electron chi connectivity index (χ0n) is 18.1. The first kappa shape index (κ1) is 23.4. The SMILES string of the molecule is CC1(C)CC(=O)C2=C(C1)N(c1ccc([N+](=O)[O-])cc1Cl)C(N)=C(C#N)[C@@H]2c1ccc([N+](=O)[O-])s1. The van der Waals surface area contributed by atoms with Gasteiger partial charge < -0.3 is 5.73 Å². The van der Waals surface area contributed by atoms with Gasteiger partial charge in [0.25, 0.3) is 5.69 Å². The summed E-state index contributed by atoms with van der Waals surface area (Å²) in [6.07, 6.45) is 0.626. The molecule has 1 aromatic heterocycles. The highest BCUT2D eigenvalue weighted by Crippen LogP contribution is 2.52. The summed E-state index contributed by atoms with van der Waals surface area (Å²) in [5.41, 5.74) is 7.04. The molecule has 1 aliphatic heterocycles. The average Bonchev–Trinajstić information content (AvgIpc) is 3.23. The van der Waals surface area contributed by atoms with Gasteiger partial charge in [-0.05, 0) is 24.0 Å². The molecular weight excluding hydrogens is 482 g/mol. The van der Waals surface area contributed by atoms with E-state index in [0.717, 1.165) is 11.3 Å². The van der Waals surface area contributed by atoms with E-state index in [0.29, 0.717) is 28.3 Å². The Morgan fingerprint density at radius 3 is 2.47 bits per heavy atom. The lowest BCUT2D eigenvalue weighted by Gasteiger charge is -2.43. The van der Waals surface area contributed by atoms with E-state index < -0.39 is 21.2 Å². The summed E-state index contributed by atoms with van der Waals surface area (Å²) in [5.74, 6) is -1.03. The van der Waals surface area contributed by atoms with Crippen LogP contribution in [0.25, 0.3) is 0 Å². The number of non-ortho nitro benzene ring substituents is 1. The number of halogens is 1. The van der Waals surface area contributed by atoms with E-state index in [9.17, 15) is 30.3 Å². The van der Waals surface area contributed by atoms with Crippen molar-refractivity contribution < 1.29 is 14.6 Å². The van der Waals surface area contributed by atoms with Crippen molar-refractivity contribution in [3.05, 3.63) is 83.1 Å². The third-order valence-electron chi connectivity index (χ3n) is 5.84. The summed E-state index contributed by atoms with van der Waals surface area (Å²) in [4.78, 5) is 36.7. The van der Waals surface area contributed by atoms with Crippen LogP contribution in [0.4, 0.5) is 16.4 Å². The number of nitro groups is 2. The first-order valence-electron chi connectivity index (χ1n) is 10.1. The minimum absolute atomic E-state index is 0.0172. The van der Waals surface area contributed by atoms with Crippen molar-refractivity contribution in [3.63, 3.8) is 0 Å². The fraction of sp³-hybridized carbons (Fsp3) is 0.273. The number of Topliss-reactive ketones (excluding diaryl/α,β-unsaturated/α-hetero) is 1. The average molecular weight is 500 g/mol. The molecule has 0 saturated carbocycles. The Morgan fingerprint density at radius 2 is 1.91 bits per heavy atom. The maximum atomic E-state index is 13.4. The molecule has 0 fully saturated rings. The van der Waals surface area contributed by atoms with Gasteiger partial charge in [-0.2, -0.15) is 5.26 Å². The summed E-state index contributed by atoms with van der Waals surface area (Å²) in [5, 5.41) is 32.4. The molecule has 0 saturated heterocycles. The number of nitrogens with two attached hydrogens (primary N) is 1. The van der Waals surface area contributed by atoms with Gasteiger partial charge >= 0.3 is 5.00 Å². The predicted molar refractivity (Wildman–Crippen MR) is 126 cm³/mol. The highest BCUT2D eigenvalue weighted by atomic mass is 35.5. The fourth-order valence-corrected chi connectivity index (χ4v) is 5.66. The minimum Gasteiger partial charge on any atom is -0.384 e. The highest BCUT2D eigenvalue weighted by Gasteiger charge is 2.45. The minimum atomic E-state index is -0.852. The van der Waals surface area contributed by atoms with E-state index in [1.165, 1.54) is 35.2 Å². The molecule has 2 N–H and O–H groups in total. The first-order valence-corrected chi connectivity index (χ1v) is 11.3. The lowest BCUT2D eigenvalue weighted by molar-refractivity contribution is -0.384. The Balaban J connectivity index is 1.99. The van der Waals surface area contributed by atoms with E-state index in [2.05, 4.69) is 6.07 Å². The van der Waals surface area contributed by atoms with E-state index in [1.54, 1.807) is 0 Å². The van der Waals surface area contributed by atoms with Crippen LogP contribution in [0, 0.1) is 37.0 Å². The monoisotopic (exact) mass is 499 g/mol. The Labute approximate surface area is 202 Å². The third-order valence-corrected chi connectivity index (χ3v) is 7.25. The molecule has 1 atom stereocenters. The van der Waals surface area contributed by atoms with Crippen LogP contribution in [0.3, 0.4) is 0 Å². The van der Waals surface area contributed by atoms with Gasteiger partial charge in [0.1, 0.15) is 5.82 Å². The van der Waals surface area contributed by atoms with E-state index in [-0.39, 0.29) is 39.3 Å². The number of hydrogen-bond acceptors (Lipinski definition) is 9. The fourth-order valence-electron chi connectivity index (χ4n) is 4.45. The molecule has 2 heterocycles. The second-order valence-electron chi connectivity index (χ2n) is 8.81. The molecule has 1 aliphatic carbocycles. The quantitative estimate of drug-likeness (QED) is 0.446. The first-order chi connectivity index (χ1) is 15.9. The zero-order valence-corrected chi connectivity index (χ0v) is 19.6. The molecule has 1 aromatic carbocycles. The van der Waals surface area contributed by atoms with Crippen LogP contribution < -0.4 is 10.6 Å². The number of nitro benzene ring substituents is 1. The lowest BCUT2D eigenvalue weighted by atomic mass is 9.69. The van der Waals surface area contributed by atoms with Crippen molar-refractivity contribution in [1.82, 2.24) is 0 Å². The second-order valence-corrected chi connectivity index (χ2v) is 10.3. The van der Waals surface area contributed by atoms with Gasteiger partial charge in [0.15, 0.2) is 5.78 Å². The van der Waals surface area contributed by atoms with Crippen LogP contribution in [0.1, 0.15) is 37.5 Å². The van der Waals surface area contributed by atoms with Gasteiger partial charge in [-0.1, -0.05) is 36.8 Å². The van der Waals surface area contributed by atoms with Crippen molar-refractivity contribution in [2.45, 2.75) is 32.6 Å². The van der Waals surface area contributed by atoms with Gasteiger partial charge in [-0.3, -0.25) is 29.9 Å². The summed E-state index contributed by atoms with van der Waals surface area (Å²) < 4.78 is 0. The molecule has 0 spiro atoms. The normalized spacial score (nSPS) is 19.6. The Bertz CT molecular complexity index is 1370. The molecule has 12 heteroatoms. The molecule has 0 amide bonds. The number of rotatable bonds is 4. The molecule has 2 aromatic rings. The van der Waals surface area contributed by atoms with Crippen LogP contribution >= 0.6 is 22.9 Å². The maximum absolute atomic E-state index is 13.4. The third kappa shape index (κ3) is 3.81.